The minimum Gasteiger partial charge on any atom is -0.481 e. The molecule has 2 rings (SSSR count). The topological polar surface area (TPSA) is 59.4 Å². The fourth-order valence-corrected chi connectivity index (χ4v) is 2.96. The van der Waals surface area contributed by atoms with Crippen molar-refractivity contribution in [2.45, 2.75) is 38.7 Å². The second-order valence-corrected chi connectivity index (χ2v) is 5.07. The summed E-state index contributed by atoms with van der Waals surface area (Å²) in [5.74, 6) is -0.758. The van der Waals surface area contributed by atoms with E-state index in [0.717, 1.165) is 35.0 Å². The Balaban J connectivity index is 2.05. The number of carboxylic acids is 1. The van der Waals surface area contributed by atoms with E-state index in [1.807, 2.05) is 6.92 Å². The molecule has 1 aromatic rings. The molecule has 0 aliphatic carbocycles. The van der Waals surface area contributed by atoms with Crippen LogP contribution in [-0.2, 0) is 16.0 Å². The van der Waals surface area contributed by atoms with E-state index in [1.54, 1.807) is 11.3 Å². The number of aliphatic carboxylic acids is 1. The van der Waals surface area contributed by atoms with Crippen molar-refractivity contribution < 1.29 is 14.6 Å². The minimum atomic E-state index is -0.758. The van der Waals surface area contributed by atoms with Crippen LogP contribution in [0.1, 0.15) is 40.9 Å². The molecule has 0 amide bonds. The van der Waals surface area contributed by atoms with Gasteiger partial charge < -0.3 is 9.84 Å². The van der Waals surface area contributed by atoms with Crippen molar-refractivity contribution >= 4 is 17.3 Å². The second-order valence-electron chi connectivity index (χ2n) is 3.96. The molecule has 0 aromatic carbocycles. The van der Waals surface area contributed by atoms with Crippen LogP contribution in [0.5, 0.6) is 0 Å². The molecule has 2 heterocycles. The SMILES string of the molecule is Cc1nc(C2CCCO2)sc1CCC(=O)O. The number of thiazole rings is 1. The molecule has 0 saturated carbocycles. The maximum atomic E-state index is 10.5. The van der Waals surface area contributed by atoms with E-state index >= 15 is 0 Å². The van der Waals surface area contributed by atoms with Crippen molar-refractivity contribution in [3.63, 3.8) is 0 Å². The highest BCUT2D eigenvalue weighted by molar-refractivity contribution is 7.11. The van der Waals surface area contributed by atoms with Gasteiger partial charge in [-0.3, -0.25) is 4.79 Å². The number of ether oxygens (including phenoxy) is 1. The Morgan fingerprint density at radius 1 is 1.69 bits per heavy atom. The monoisotopic (exact) mass is 241 g/mol. The van der Waals surface area contributed by atoms with Crippen molar-refractivity contribution in [2.75, 3.05) is 6.61 Å². The van der Waals surface area contributed by atoms with Gasteiger partial charge in [-0.2, -0.15) is 0 Å². The molecular formula is C11H15NO3S. The summed E-state index contributed by atoms with van der Waals surface area (Å²) < 4.78 is 5.56. The summed E-state index contributed by atoms with van der Waals surface area (Å²) in [4.78, 5) is 16.1. The lowest BCUT2D eigenvalue weighted by Gasteiger charge is -2.03. The van der Waals surface area contributed by atoms with Gasteiger partial charge in [0.2, 0.25) is 0 Å². The van der Waals surface area contributed by atoms with Crippen molar-refractivity contribution in [1.82, 2.24) is 4.98 Å². The van der Waals surface area contributed by atoms with Crippen LogP contribution in [0.15, 0.2) is 0 Å². The van der Waals surface area contributed by atoms with Crippen LogP contribution in [0.25, 0.3) is 0 Å². The number of nitrogens with zero attached hydrogens (tertiary/aromatic N) is 1. The molecule has 1 aliphatic rings. The van der Waals surface area contributed by atoms with Gasteiger partial charge in [0.1, 0.15) is 11.1 Å². The molecule has 5 heteroatoms. The first kappa shape index (κ1) is 11.5. The Labute approximate surface area is 98.3 Å². The number of hydrogen-bond donors (Lipinski definition) is 1. The predicted molar refractivity (Wildman–Crippen MR) is 60.7 cm³/mol. The van der Waals surface area contributed by atoms with Gasteiger partial charge in [0.05, 0.1) is 12.1 Å². The normalized spacial score (nSPS) is 20.2. The largest absolute Gasteiger partial charge is 0.481 e. The quantitative estimate of drug-likeness (QED) is 0.878. The van der Waals surface area contributed by atoms with Gasteiger partial charge in [0.15, 0.2) is 0 Å². The maximum absolute atomic E-state index is 10.5. The van der Waals surface area contributed by atoms with Crippen LogP contribution in [0.2, 0.25) is 0 Å². The van der Waals surface area contributed by atoms with E-state index in [9.17, 15) is 4.79 Å². The van der Waals surface area contributed by atoms with Gasteiger partial charge in [-0.25, -0.2) is 4.98 Å². The Hall–Kier alpha value is -0.940. The number of rotatable bonds is 4. The van der Waals surface area contributed by atoms with E-state index in [0.29, 0.717) is 6.42 Å². The average molecular weight is 241 g/mol. The molecular weight excluding hydrogens is 226 g/mol. The fourth-order valence-electron chi connectivity index (χ4n) is 1.81. The molecule has 0 radical (unpaired) electrons. The zero-order chi connectivity index (χ0) is 11.5. The number of aromatic nitrogens is 1. The maximum Gasteiger partial charge on any atom is 0.303 e. The van der Waals surface area contributed by atoms with Gasteiger partial charge in [-0.15, -0.1) is 11.3 Å². The average Bonchev–Trinajstić information content (AvgIpc) is 2.83. The highest BCUT2D eigenvalue weighted by atomic mass is 32.1. The summed E-state index contributed by atoms with van der Waals surface area (Å²) in [5, 5.41) is 9.65. The summed E-state index contributed by atoms with van der Waals surface area (Å²) >= 11 is 1.60. The van der Waals surface area contributed by atoms with Crippen molar-refractivity contribution in [3.05, 3.63) is 15.6 Å². The van der Waals surface area contributed by atoms with Crippen molar-refractivity contribution in [2.24, 2.45) is 0 Å². The third kappa shape index (κ3) is 2.59. The standard InChI is InChI=1S/C11H15NO3S/c1-7-9(4-5-10(13)14)16-11(12-7)8-3-2-6-15-8/h8H,2-6H2,1H3,(H,13,14). The summed E-state index contributed by atoms with van der Waals surface area (Å²) in [6.07, 6.45) is 3.01. The minimum absolute atomic E-state index is 0.141. The van der Waals surface area contributed by atoms with E-state index in [4.69, 9.17) is 9.84 Å². The van der Waals surface area contributed by atoms with Crippen LogP contribution in [0, 0.1) is 6.92 Å². The Bertz CT molecular complexity index is 383. The van der Waals surface area contributed by atoms with Crippen LogP contribution in [0.4, 0.5) is 0 Å². The molecule has 16 heavy (non-hydrogen) atoms. The molecule has 1 saturated heterocycles. The lowest BCUT2D eigenvalue weighted by Crippen LogP contribution is -1.96. The zero-order valence-corrected chi connectivity index (χ0v) is 10.0. The predicted octanol–water partition coefficient (Wildman–Crippen LogP) is 2.32. The first-order valence-corrected chi connectivity index (χ1v) is 6.28. The molecule has 1 N–H and O–H groups in total. The molecule has 0 bridgehead atoms. The van der Waals surface area contributed by atoms with Crippen molar-refractivity contribution in [3.8, 4) is 0 Å². The van der Waals surface area contributed by atoms with Crippen molar-refractivity contribution in [1.29, 1.82) is 0 Å². The highest BCUT2D eigenvalue weighted by Crippen LogP contribution is 2.33. The van der Waals surface area contributed by atoms with Gasteiger partial charge in [-0.1, -0.05) is 0 Å². The molecule has 0 spiro atoms. The first-order chi connectivity index (χ1) is 7.66. The number of carboxylic acid groups (broad SMARTS) is 1. The third-order valence-electron chi connectivity index (χ3n) is 2.68. The number of hydrogen-bond acceptors (Lipinski definition) is 4. The van der Waals surface area contributed by atoms with Gasteiger partial charge in [0.25, 0.3) is 0 Å². The molecule has 88 valence electrons. The molecule has 1 aromatic heterocycles. The fraction of sp³-hybridized carbons (Fsp3) is 0.636. The van der Waals surface area contributed by atoms with Crippen LogP contribution < -0.4 is 0 Å². The van der Waals surface area contributed by atoms with E-state index in [1.165, 1.54) is 0 Å². The third-order valence-corrected chi connectivity index (χ3v) is 3.99. The van der Waals surface area contributed by atoms with E-state index in [2.05, 4.69) is 4.98 Å². The first-order valence-electron chi connectivity index (χ1n) is 5.46. The summed E-state index contributed by atoms with van der Waals surface area (Å²) in [6, 6.07) is 0. The zero-order valence-electron chi connectivity index (χ0n) is 9.23. The van der Waals surface area contributed by atoms with Gasteiger partial charge >= 0.3 is 5.97 Å². The lowest BCUT2D eigenvalue weighted by atomic mass is 10.2. The van der Waals surface area contributed by atoms with E-state index in [-0.39, 0.29) is 12.5 Å². The van der Waals surface area contributed by atoms with Crippen LogP contribution in [0.3, 0.4) is 0 Å². The van der Waals surface area contributed by atoms with Crippen LogP contribution in [-0.4, -0.2) is 22.7 Å². The number of aryl methyl sites for hydroxylation is 2. The van der Waals surface area contributed by atoms with Gasteiger partial charge in [0, 0.05) is 11.5 Å². The Morgan fingerprint density at radius 3 is 3.12 bits per heavy atom. The van der Waals surface area contributed by atoms with Gasteiger partial charge in [-0.05, 0) is 26.2 Å². The number of carbonyl (C=O) groups is 1. The molecule has 1 atom stereocenters. The Morgan fingerprint density at radius 2 is 2.50 bits per heavy atom. The van der Waals surface area contributed by atoms with E-state index < -0.39 is 5.97 Å². The molecule has 1 aliphatic heterocycles. The van der Waals surface area contributed by atoms with Crippen LogP contribution >= 0.6 is 11.3 Å². The summed E-state index contributed by atoms with van der Waals surface area (Å²) in [6.45, 7) is 2.75. The summed E-state index contributed by atoms with van der Waals surface area (Å²) in [5.41, 5.74) is 0.955. The molecule has 1 unspecified atom stereocenters. The summed E-state index contributed by atoms with van der Waals surface area (Å²) in [7, 11) is 0. The Kier molecular flexibility index (Phi) is 3.56. The highest BCUT2D eigenvalue weighted by Gasteiger charge is 2.22. The second kappa shape index (κ2) is 4.93. The molecule has 4 nitrogen and oxygen atoms in total. The smallest absolute Gasteiger partial charge is 0.303 e. The molecule has 1 fully saturated rings. The lowest BCUT2D eigenvalue weighted by molar-refractivity contribution is -0.136.